The van der Waals surface area contributed by atoms with Crippen molar-refractivity contribution in [3.63, 3.8) is 0 Å². The van der Waals surface area contributed by atoms with Crippen LogP contribution in [0.25, 0.3) is 10.8 Å². The fourth-order valence-electron chi connectivity index (χ4n) is 8.05. The van der Waals surface area contributed by atoms with E-state index in [9.17, 15) is 20.0 Å². The van der Waals surface area contributed by atoms with Crippen LogP contribution in [0.3, 0.4) is 0 Å². The van der Waals surface area contributed by atoms with Gasteiger partial charge in [-0.25, -0.2) is 0 Å². The number of rotatable bonds is 14. The molecule has 0 aromatic heterocycles. The summed E-state index contributed by atoms with van der Waals surface area (Å²) in [7, 11) is 0. The smallest absolute Gasteiger partial charge is 0.309 e. The number of allylic oxidation sites excluding steroid dienone is 12. The highest BCUT2D eigenvalue weighted by Crippen LogP contribution is 2.53. The molecule has 0 radical (unpaired) electrons. The van der Waals surface area contributed by atoms with Crippen LogP contribution in [0.15, 0.2) is 145 Å². The van der Waals surface area contributed by atoms with Gasteiger partial charge < -0.3 is 14.7 Å². The largest absolute Gasteiger partial charge is 0.481 e. The summed E-state index contributed by atoms with van der Waals surface area (Å²) in [5.41, 5.74) is 7.61. The van der Waals surface area contributed by atoms with Crippen LogP contribution in [0.5, 0.6) is 0 Å². The molecule has 256 valence electrons. The number of nitrogens with zero attached hydrogens (tertiary/aromatic N) is 3. The maximum Gasteiger partial charge on any atom is 0.309 e. The monoisotopic (exact) mass is 676 g/mol. The van der Waals surface area contributed by atoms with Crippen molar-refractivity contribution in [2.24, 2.45) is 0 Å². The Morgan fingerprint density at radius 2 is 1.73 bits per heavy atom. The maximum atomic E-state index is 11.6. The first-order valence-corrected chi connectivity index (χ1v) is 17.2. The van der Waals surface area contributed by atoms with Crippen molar-refractivity contribution in [1.29, 1.82) is 5.26 Å². The van der Waals surface area contributed by atoms with Crippen LogP contribution in [0, 0.1) is 11.3 Å². The van der Waals surface area contributed by atoms with Crippen molar-refractivity contribution < 1.29 is 24.0 Å². The lowest BCUT2D eigenvalue weighted by molar-refractivity contribution is -0.436. The Hall–Kier alpha value is -6.00. The fraction of sp³-hybridized carbons (Fsp3) is 0.227. The van der Waals surface area contributed by atoms with Gasteiger partial charge in [-0.1, -0.05) is 78.9 Å². The minimum Gasteiger partial charge on any atom is -0.481 e. The molecule has 0 bridgehead atoms. The second-order valence-electron chi connectivity index (χ2n) is 13.4. The topological polar surface area (TPSA) is 93.6 Å². The van der Waals surface area contributed by atoms with Crippen molar-refractivity contribution in [1.82, 2.24) is 0 Å². The lowest BCUT2D eigenvalue weighted by Gasteiger charge is -2.29. The van der Waals surface area contributed by atoms with E-state index in [4.69, 9.17) is 4.74 Å². The molecule has 2 aliphatic heterocycles. The van der Waals surface area contributed by atoms with Gasteiger partial charge in [0, 0.05) is 34.5 Å². The Bertz CT molecular complexity index is 2170. The molecule has 0 amide bonds. The number of carboxylic acid groups (broad SMARTS) is 1. The first kappa shape index (κ1) is 34.8. The molecule has 0 saturated carbocycles. The van der Waals surface area contributed by atoms with Gasteiger partial charge in [0.25, 0.3) is 6.47 Å². The van der Waals surface area contributed by atoms with Crippen LogP contribution in [0.4, 0.5) is 11.4 Å². The quantitative estimate of drug-likeness (QED) is 0.0797. The Morgan fingerprint density at radius 1 is 0.980 bits per heavy atom. The van der Waals surface area contributed by atoms with Crippen LogP contribution in [-0.4, -0.2) is 47.5 Å². The van der Waals surface area contributed by atoms with Crippen molar-refractivity contribution >= 4 is 40.3 Å². The number of anilines is 1. The van der Waals surface area contributed by atoms with Gasteiger partial charge in [-0.15, -0.1) is 13.2 Å². The Morgan fingerprint density at radius 3 is 2.47 bits per heavy atom. The number of nitriles is 1. The predicted molar refractivity (Wildman–Crippen MR) is 203 cm³/mol. The molecule has 7 heteroatoms. The minimum atomic E-state index is -0.859. The molecule has 3 aromatic carbocycles. The zero-order valence-corrected chi connectivity index (χ0v) is 29.1. The first-order valence-electron chi connectivity index (χ1n) is 17.2. The van der Waals surface area contributed by atoms with E-state index in [1.54, 1.807) is 0 Å². The molecule has 6 rings (SSSR count). The SMILES string of the molecule is C=CCC1(C)C(/C=C/C2=C(C#N)C(=C/C=C3\N(CCOC=O)c4ccc5ccccc5c4C3(C)CC=C)/C=C2)=[N+](CCC(=O)O)c2ccccc21. The van der Waals surface area contributed by atoms with Crippen LogP contribution in [-0.2, 0) is 25.2 Å². The van der Waals surface area contributed by atoms with Gasteiger partial charge in [0.1, 0.15) is 19.1 Å². The van der Waals surface area contributed by atoms with Crippen LogP contribution >= 0.6 is 0 Å². The molecule has 2 unspecified atom stereocenters. The fourth-order valence-corrected chi connectivity index (χ4v) is 8.05. The zero-order chi connectivity index (χ0) is 36.2. The zero-order valence-electron chi connectivity index (χ0n) is 29.1. The van der Waals surface area contributed by atoms with Crippen LogP contribution < -0.4 is 4.90 Å². The molecule has 0 spiro atoms. The lowest BCUT2D eigenvalue weighted by Crippen LogP contribution is -2.31. The second-order valence-corrected chi connectivity index (χ2v) is 13.4. The summed E-state index contributed by atoms with van der Waals surface area (Å²) in [4.78, 5) is 24.9. The van der Waals surface area contributed by atoms with Gasteiger partial charge in [0.05, 0.1) is 17.5 Å². The van der Waals surface area contributed by atoms with Gasteiger partial charge in [-0.05, 0) is 72.4 Å². The van der Waals surface area contributed by atoms with Crippen molar-refractivity contribution in [3.05, 3.63) is 156 Å². The highest BCUT2D eigenvalue weighted by molar-refractivity contribution is 6.04. The van der Waals surface area contributed by atoms with E-state index in [0.29, 0.717) is 38.0 Å². The molecule has 0 saturated heterocycles. The number of hydrogen-bond donors (Lipinski definition) is 1. The van der Waals surface area contributed by atoms with E-state index in [1.165, 1.54) is 5.56 Å². The summed E-state index contributed by atoms with van der Waals surface area (Å²) in [5, 5.41) is 22.3. The van der Waals surface area contributed by atoms with Crippen LogP contribution in [0.1, 0.15) is 44.2 Å². The van der Waals surface area contributed by atoms with Crippen molar-refractivity contribution in [2.75, 3.05) is 24.6 Å². The Balaban J connectivity index is 1.42. The number of hydrogen-bond acceptors (Lipinski definition) is 5. The molecular formula is C44H42N3O4+. The molecule has 7 nitrogen and oxygen atoms in total. The standard InChI is InChI=1S/C44H41N3O4/c1-5-24-43(3)36-13-9-10-14-37(36)46(26-23-41(49)50)39(43)21-18-32-15-16-33(35(32)29-45)19-22-40-44(4,25-6-2)42-34-12-8-7-11-31(34)17-20-38(42)47(40)27-28-51-30-48/h5-22,30H,1-2,23-28H2,3-4H3/p+1. The average Bonchev–Trinajstić information content (AvgIpc) is 3.71. The number of aliphatic carboxylic acids is 1. The maximum absolute atomic E-state index is 11.6. The number of carboxylic acids is 1. The van der Waals surface area contributed by atoms with E-state index in [1.807, 2.05) is 66.8 Å². The summed E-state index contributed by atoms with van der Waals surface area (Å²) in [6, 6.07) is 23.1. The van der Waals surface area contributed by atoms with Gasteiger partial charge in [-0.2, -0.15) is 9.84 Å². The van der Waals surface area contributed by atoms with Gasteiger partial charge in [-0.3, -0.25) is 9.59 Å². The molecule has 1 aliphatic carbocycles. The summed E-state index contributed by atoms with van der Waals surface area (Å²) in [6.07, 6.45) is 17.1. The predicted octanol–water partition coefficient (Wildman–Crippen LogP) is 8.53. The van der Waals surface area contributed by atoms with Crippen LogP contribution in [0.2, 0.25) is 0 Å². The summed E-state index contributed by atoms with van der Waals surface area (Å²) in [6.45, 7) is 14.0. The third kappa shape index (κ3) is 6.19. The lowest BCUT2D eigenvalue weighted by atomic mass is 9.76. The molecule has 51 heavy (non-hydrogen) atoms. The highest BCUT2D eigenvalue weighted by atomic mass is 16.5. The van der Waals surface area contributed by atoms with E-state index in [-0.39, 0.29) is 13.0 Å². The number of ether oxygens (including phenoxy) is 1. The van der Waals surface area contributed by atoms with Crippen molar-refractivity contribution in [2.45, 2.75) is 43.9 Å². The Kier molecular flexibility index (Phi) is 9.88. The number of fused-ring (bicyclic) bond motifs is 4. The van der Waals surface area contributed by atoms with Gasteiger partial charge in [0.15, 0.2) is 12.3 Å². The third-order valence-electron chi connectivity index (χ3n) is 10.4. The highest BCUT2D eigenvalue weighted by Gasteiger charge is 2.47. The summed E-state index contributed by atoms with van der Waals surface area (Å²) in [5.74, 6) is -0.859. The minimum absolute atomic E-state index is 0.00777. The van der Waals surface area contributed by atoms with E-state index >= 15 is 0 Å². The summed E-state index contributed by atoms with van der Waals surface area (Å²) >= 11 is 0. The van der Waals surface area contributed by atoms with Crippen molar-refractivity contribution in [3.8, 4) is 6.07 Å². The normalized spacial score (nSPS) is 22.3. The molecule has 1 N–H and O–H groups in total. The summed E-state index contributed by atoms with van der Waals surface area (Å²) < 4.78 is 7.24. The van der Waals surface area contributed by atoms with E-state index in [0.717, 1.165) is 50.3 Å². The molecule has 2 heterocycles. The third-order valence-corrected chi connectivity index (χ3v) is 10.4. The van der Waals surface area contributed by atoms with E-state index in [2.05, 4.69) is 85.0 Å². The average molecular weight is 677 g/mol. The number of benzene rings is 3. The number of para-hydroxylation sites is 1. The second kappa shape index (κ2) is 14.5. The number of carbonyl (C=O) groups is 2. The first-order chi connectivity index (χ1) is 24.7. The van der Waals surface area contributed by atoms with E-state index < -0.39 is 16.8 Å². The molecular weight excluding hydrogens is 635 g/mol. The number of carbonyl (C=O) groups excluding carboxylic acids is 1. The Labute approximate surface area is 299 Å². The van der Waals surface area contributed by atoms with Gasteiger partial charge >= 0.3 is 5.97 Å². The molecule has 2 atom stereocenters. The van der Waals surface area contributed by atoms with Gasteiger partial charge in [0.2, 0.25) is 5.69 Å². The molecule has 0 fully saturated rings. The molecule has 3 aliphatic rings. The molecule has 3 aromatic rings.